The molecular formula is C17H28N2O. The van der Waals surface area contributed by atoms with Gasteiger partial charge in [-0.05, 0) is 70.2 Å². The highest BCUT2D eigenvalue weighted by Gasteiger charge is 2.28. The fraction of sp³-hybridized carbons (Fsp3) is 0.765. The molecule has 0 aromatic heterocycles. The van der Waals surface area contributed by atoms with Gasteiger partial charge in [0, 0.05) is 19.1 Å². The molecule has 2 fully saturated rings. The van der Waals surface area contributed by atoms with E-state index in [4.69, 9.17) is 0 Å². The average molecular weight is 276 g/mol. The topological polar surface area (TPSA) is 26.7 Å². The third-order valence-electron chi connectivity index (χ3n) is 5.07. The Kier molecular flexibility index (Phi) is 4.35. The van der Waals surface area contributed by atoms with Gasteiger partial charge < -0.3 is 10.0 Å². The molecule has 3 aliphatic rings. The quantitative estimate of drug-likeness (QED) is 0.837. The van der Waals surface area contributed by atoms with Gasteiger partial charge in [-0.3, -0.25) is 4.90 Å². The van der Waals surface area contributed by atoms with E-state index in [2.05, 4.69) is 22.8 Å². The van der Waals surface area contributed by atoms with Gasteiger partial charge in [-0.2, -0.15) is 0 Å². The molecule has 1 N–H and O–H groups in total. The third kappa shape index (κ3) is 2.88. The van der Waals surface area contributed by atoms with E-state index in [1.807, 2.05) is 0 Å². The van der Waals surface area contributed by atoms with Crippen molar-refractivity contribution in [3.8, 4) is 0 Å². The highest BCUT2D eigenvalue weighted by Crippen LogP contribution is 2.31. The van der Waals surface area contributed by atoms with Crippen molar-refractivity contribution in [2.45, 2.75) is 57.9 Å². The van der Waals surface area contributed by atoms with Crippen molar-refractivity contribution in [1.82, 2.24) is 9.80 Å². The molecule has 2 aliphatic heterocycles. The second-order valence-electron chi connectivity index (χ2n) is 6.60. The lowest BCUT2D eigenvalue weighted by Gasteiger charge is -2.39. The highest BCUT2D eigenvalue weighted by atomic mass is 16.3. The molecule has 0 spiro atoms. The number of aliphatic hydroxyl groups excluding tert-OH is 1. The molecule has 0 unspecified atom stereocenters. The molecule has 20 heavy (non-hydrogen) atoms. The summed E-state index contributed by atoms with van der Waals surface area (Å²) in [6.07, 6.45) is 11.3. The fourth-order valence-corrected chi connectivity index (χ4v) is 3.82. The largest absolute Gasteiger partial charge is 0.506 e. The molecule has 2 saturated heterocycles. The van der Waals surface area contributed by atoms with Crippen LogP contribution in [-0.4, -0.2) is 47.1 Å². The summed E-state index contributed by atoms with van der Waals surface area (Å²) in [5, 5.41) is 10.5. The van der Waals surface area contributed by atoms with Crippen molar-refractivity contribution in [2.24, 2.45) is 0 Å². The summed E-state index contributed by atoms with van der Waals surface area (Å²) in [5.74, 6) is 0.556. The molecule has 2 heterocycles. The molecule has 3 heteroatoms. The average Bonchev–Trinajstić information content (AvgIpc) is 2.51. The molecule has 0 aromatic rings. The minimum Gasteiger partial charge on any atom is -0.506 e. The maximum Gasteiger partial charge on any atom is 0.137 e. The second kappa shape index (κ2) is 6.21. The Balaban J connectivity index is 1.78. The summed E-state index contributed by atoms with van der Waals surface area (Å²) in [6.45, 7) is 6.76. The van der Waals surface area contributed by atoms with Crippen LogP contribution < -0.4 is 0 Å². The van der Waals surface area contributed by atoms with Gasteiger partial charge in [0.1, 0.15) is 5.76 Å². The molecule has 0 radical (unpaired) electrons. The number of rotatable bonds is 2. The van der Waals surface area contributed by atoms with Crippen LogP contribution in [0.4, 0.5) is 0 Å². The van der Waals surface area contributed by atoms with Crippen LogP contribution in [0.15, 0.2) is 23.1 Å². The lowest BCUT2D eigenvalue weighted by molar-refractivity contribution is 0.178. The van der Waals surface area contributed by atoms with Gasteiger partial charge >= 0.3 is 0 Å². The zero-order chi connectivity index (χ0) is 13.9. The lowest BCUT2D eigenvalue weighted by atomic mass is 9.94. The molecule has 3 rings (SSSR count). The van der Waals surface area contributed by atoms with Crippen LogP contribution in [0.3, 0.4) is 0 Å². The Bertz CT molecular complexity index is 401. The Morgan fingerprint density at radius 3 is 2.20 bits per heavy atom. The van der Waals surface area contributed by atoms with Gasteiger partial charge in [0.25, 0.3) is 0 Å². The van der Waals surface area contributed by atoms with Gasteiger partial charge in [-0.25, -0.2) is 0 Å². The number of hydrogen-bond acceptors (Lipinski definition) is 3. The third-order valence-corrected chi connectivity index (χ3v) is 5.07. The van der Waals surface area contributed by atoms with Crippen LogP contribution >= 0.6 is 0 Å². The van der Waals surface area contributed by atoms with Crippen molar-refractivity contribution in [1.29, 1.82) is 0 Å². The summed E-state index contributed by atoms with van der Waals surface area (Å²) in [6, 6.07) is 0.503. The summed E-state index contributed by atoms with van der Waals surface area (Å²) >= 11 is 0. The molecule has 1 atom stereocenters. The SMILES string of the molecule is CC1=C(O)C(N2CCCCC2)=C[C@@H](N2CCCCC2)C1. The molecule has 1 aliphatic carbocycles. The molecular weight excluding hydrogens is 248 g/mol. The maximum atomic E-state index is 10.5. The van der Waals surface area contributed by atoms with Crippen LogP contribution in [0.1, 0.15) is 51.9 Å². The Morgan fingerprint density at radius 2 is 1.55 bits per heavy atom. The smallest absolute Gasteiger partial charge is 0.137 e. The van der Waals surface area contributed by atoms with E-state index in [9.17, 15) is 5.11 Å². The first kappa shape index (κ1) is 14.0. The molecule has 0 aromatic carbocycles. The number of aliphatic hydroxyl groups is 1. The van der Waals surface area contributed by atoms with E-state index in [-0.39, 0.29) is 0 Å². The van der Waals surface area contributed by atoms with E-state index in [1.54, 1.807) is 0 Å². The van der Waals surface area contributed by atoms with Gasteiger partial charge in [0.05, 0.1) is 5.70 Å². The first-order valence-electron chi connectivity index (χ1n) is 8.35. The molecule has 0 bridgehead atoms. The molecule has 0 amide bonds. The van der Waals surface area contributed by atoms with Crippen molar-refractivity contribution >= 4 is 0 Å². The van der Waals surface area contributed by atoms with Crippen LogP contribution in [-0.2, 0) is 0 Å². The first-order chi connectivity index (χ1) is 9.75. The van der Waals surface area contributed by atoms with Crippen LogP contribution in [0.5, 0.6) is 0 Å². The Morgan fingerprint density at radius 1 is 0.950 bits per heavy atom. The highest BCUT2D eigenvalue weighted by molar-refractivity contribution is 5.34. The Hall–Kier alpha value is -0.960. The number of hydrogen-bond donors (Lipinski definition) is 1. The van der Waals surface area contributed by atoms with E-state index in [0.717, 1.165) is 25.2 Å². The normalized spacial score (nSPS) is 29.6. The number of piperidine rings is 2. The molecule has 3 nitrogen and oxygen atoms in total. The van der Waals surface area contributed by atoms with Crippen LogP contribution in [0.25, 0.3) is 0 Å². The van der Waals surface area contributed by atoms with Crippen molar-refractivity contribution in [3.05, 3.63) is 23.1 Å². The number of likely N-dealkylation sites (tertiary alicyclic amines) is 2. The van der Waals surface area contributed by atoms with Crippen LogP contribution in [0.2, 0.25) is 0 Å². The van der Waals surface area contributed by atoms with E-state index in [0.29, 0.717) is 11.8 Å². The first-order valence-corrected chi connectivity index (χ1v) is 8.35. The standard InChI is InChI=1S/C17H28N2O/c1-14-12-15(18-8-4-2-5-9-18)13-16(17(14)20)19-10-6-3-7-11-19/h13,15,20H,2-12H2,1H3/t15-/m0/s1. The number of nitrogens with zero attached hydrogens (tertiary/aromatic N) is 2. The van der Waals surface area contributed by atoms with Gasteiger partial charge in [0.2, 0.25) is 0 Å². The fourth-order valence-electron chi connectivity index (χ4n) is 3.82. The Labute approximate surface area is 122 Å². The van der Waals surface area contributed by atoms with E-state index < -0.39 is 0 Å². The van der Waals surface area contributed by atoms with Gasteiger partial charge in [-0.15, -0.1) is 0 Å². The molecule has 112 valence electrons. The summed E-state index contributed by atoms with van der Waals surface area (Å²) < 4.78 is 0. The summed E-state index contributed by atoms with van der Waals surface area (Å²) in [4.78, 5) is 5.02. The summed E-state index contributed by atoms with van der Waals surface area (Å²) in [7, 11) is 0. The molecule has 0 saturated carbocycles. The zero-order valence-corrected chi connectivity index (χ0v) is 12.8. The van der Waals surface area contributed by atoms with E-state index in [1.165, 1.54) is 57.2 Å². The van der Waals surface area contributed by atoms with Crippen molar-refractivity contribution in [2.75, 3.05) is 26.2 Å². The zero-order valence-electron chi connectivity index (χ0n) is 12.8. The minimum absolute atomic E-state index is 0.503. The van der Waals surface area contributed by atoms with Crippen LogP contribution in [0, 0.1) is 0 Å². The predicted molar refractivity (Wildman–Crippen MR) is 82.7 cm³/mol. The lowest BCUT2D eigenvalue weighted by Crippen LogP contribution is -2.41. The van der Waals surface area contributed by atoms with Crippen molar-refractivity contribution < 1.29 is 5.11 Å². The maximum absolute atomic E-state index is 10.5. The van der Waals surface area contributed by atoms with Gasteiger partial charge in [0.15, 0.2) is 0 Å². The minimum atomic E-state index is 0.503. The second-order valence-corrected chi connectivity index (χ2v) is 6.60. The monoisotopic (exact) mass is 276 g/mol. The summed E-state index contributed by atoms with van der Waals surface area (Å²) in [5.41, 5.74) is 2.28. The van der Waals surface area contributed by atoms with Gasteiger partial charge in [-0.1, -0.05) is 6.42 Å². The van der Waals surface area contributed by atoms with Crippen molar-refractivity contribution in [3.63, 3.8) is 0 Å². The predicted octanol–water partition coefficient (Wildman–Crippen LogP) is 3.45. The van der Waals surface area contributed by atoms with E-state index >= 15 is 0 Å².